The summed E-state index contributed by atoms with van der Waals surface area (Å²) in [7, 11) is 0. The second kappa shape index (κ2) is 11.6. The number of alkyl halides is 2. The van der Waals surface area contributed by atoms with E-state index < -0.39 is 41.0 Å². The number of anilines is 1. The number of aromatic amines is 1. The van der Waals surface area contributed by atoms with E-state index in [-0.39, 0.29) is 0 Å². The van der Waals surface area contributed by atoms with Gasteiger partial charge in [0, 0.05) is 41.2 Å². The standard InChI is InChI=1S/C31H22F4N6O/c32-25-10-13-27(28(33)15-25)30(42,19-41-20-39-40-41)31(34,35)29-14-9-24(18-38-29)6-3-21-1-4-23(5-2-21)17-37-26-11-7-22(16-36)8-12-26/h1-2,4-5,7-15,18,20,37,40,42H,17,19H2. The van der Waals surface area contributed by atoms with Crippen molar-refractivity contribution in [3.63, 3.8) is 0 Å². The van der Waals surface area contributed by atoms with Gasteiger partial charge in [-0.25, -0.2) is 14.0 Å². The van der Waals surface area contributed by atoms with Crippen molar-refractivity contribution in [1.82, 2.24) is 20.0 Å². The number of rotatable bonds is 8. The predicted octanol–water partition coefficient (Wildman–Crippen LogP) is 5.45. The average molecular weight is 571 g/mol. The van der Waals surface area contributed by atoms with E-state index in [9.17, 15) is 13.9 Å². The van der Waals surface area contributed by atoms with Gasteiger partial charge in [0.2, 0.25) is 0 Å². The van der Waals surface area contributed by atoms with E-state index in [1.54, 1.807) is 12.1 Å². The summed E-state index contributed by atoms with van der Waals surface area (Å²) >= 11 is 0. The van der Waals surface area contributed by atoms with Crippen LogP contribution in [-0.4, -0.2) is 25.1 Å². The zero-order valence-corrected chi connectivity index (χ0v) is 21.8. The highest BCUT2D eigenvalue weighted by atomic mass is 19.3. The molecule has 0 radical (unpaired) electrons. The summed E-state index contributed by atoms with van der Waals surface area (Å²) in [6, 6.07) is 21.0. The molecule has 42 heavy (non-hydrogen) atoms. The van der Waals surface area contributed by atoms with Crippen molar-refractivity contribution in [2.45, 2.75) is 24.6 Å². The van der Waals surface area contributed by atoms with Crippen molar-refractivity contribution < 1.29 is 22.7 Å². The molecule has 0 spiro atoms. The van der Waals surface area contributed by atoms with Gasteiger partial charge in [0.15, 0.2) is 5.60 Å². The van der Waals surface area contributed by atoms with Gasteiger partial charge in [-0.15, -0.1) is 5.10 Å². The quantitative estimate of drug-likeness (QED) is 0.170. The highest BCUT2D eigenvalue weighted by Gasteiger charge is 2.57. The third-order valence-electron chi connectivity index (χ3n) is 6.58. The number of nitrogens with zero attached hydrogens (tertiary/aromatic N) is 4. The SMILES string of the molecule is N#Cc1ccc(NCc2ccc(C#Cc3ccc(C(F)(F)C(O)(Cn4cn[nH]4)c4ccc(F)cc4F)nc3)cc2)cc1. The van der Waals surface area contributed by atoms with Gasteiger partial charge in [-0.2, -0.15) is 14.0 Å². The topological polar surface area (TPSA) is 103 Å². The summed E-state index contributed by atoms with van der Waals surface area (Å²) in [4.78, 5) is 3.82. The first kappa shape index (κ1) is 28.1. The van der Waals surface area contributed by atoms with E-state index in [1.807, 2.05) is 36.4 Å². The summed E-state index contributed by atoms with van der Waals surface area (Å²) in [5.41, 5.74) is -1.24. The molecule has 1 unspecified atom stereocenters. The number of H-pyrrole nitrogens is 1. The maximum Gasteiger partial charge on any atom is 0.323 e. The first-order valence-corrected chi connectivity index (χ1v) is 12.6. The molecule has 7 nitrogen and oxygen atoms in total. The van der Waals surface area contributed by atoms with Crippen LogP contribution in [0.25, 0.3) is 0 Å². The normalized spacial score (nSPS) is 12.6. The Labute approximate surface area is 238 Å². The van der Waals surface area contributed by atoms with E-state index in [0.29, 0.717) is 29.3 Å². The number of benzene rings is 3. The van der Waals surface area contributed by atoms with E-state index >= 15 is 8.78 Å². The van der Waals surface area contributed by atoms with Gasteiger partial charge in [0.25, 0.3) is 0 Å². The molecular weight excluding hydrogens is 548 g/mol. The molecular formula is C31H22F4N6O. The molecule has 0 saturated heterocycles. The van der Waals surface area contributed by atoms with Crippen molar-refractivity contribution in [2.75, 3.05) is 5.32 Å². The van der Waals surface area contributed by atoms with E-state index in [4.69, 9.17) is 5.26 Å². The molecule has 0 fully saturated rings. The zero-order valence-electron chi connectivity index (χ0n) is 21.8. The monoisotopic (exact) mass is 570 g/mol. The number of aliphatic hydroxyl groups is 1. The molecule has 11 heteroatoms. The summed E-state index contributed by atoms with van der Waals surface area (Å²) < 4.78 is 60.7. The lowest BCUT2D eigenvalue weighted by molar-refractivity contribution is -0.208. The van der Waals surface area contributed by atoms with Crippen molar-refractivity contribution in [2.24, 2.45) is 0 Å². The summed E-state index contributed by atoms with van der Waals surface area (Å²) in [5, 5.41) is 29.3. The lowest BCUT2D eigenvalue weighted by Crippen LogP contribution is -2.48. The first-order chi connectivity index (χ1) is 20.2. The molecule has 0 aliphatic rings. The minimum absolute atomic E-state index is 0.342. The van der Waals surface area contributed by atoms with Gasteiger partial charge in [-0.1, -0.05) is 24.0 Å². The molecule has 0 amide bonds. The summed E-state index contributed by atoms with van der Waals surface area (Å²) in [6.07, 6.45) is 2.28. The third kappa shape index (κ3) is 5.87. The lowest BCUT2D eigenvalue weighted by atomic mass is 9.84. The second-order valence-corrected chi connectivity index (χ2v) is 9.45. The highest BCUT2D eigenvalue weighted by Crippen LogP contribution is 2.46. The van der Waals surface area contributed by atoms with Crippen LogP contribution in [0.1, 0.15) is 33.5 Å². The molecule has 0 aliphatic carbocycles. The van der Waals surface area contributed by atoms with Crippen LogP contribution in [0.15, 0.2) is 91.4 Å². The van der Waals surface area contributed by atoms with E-state index in [1.165, 1.54) is 6.07 Å². The zero-order chi connectivity index (χ0) is 29.7. The molecule has 5 aromatic rings. The van der Waals surface area contributed by atoms with Crippen LogP contribution in [0.3, 0.4) is 0 Å². The van der Waals surface area contributed by atoms with Crippen LogP contribution in [0.4, 0.5) is 23.2 Å². The molecule has 210 valence electrons. The summed E-state index contributed by atoms with van der Waals surface area (Å²) in [5.74, 6) is -0.575. The molecule has 1 atom stereocenters. The van der Waals surface area contributed by atoms with Crippen LogP contribution in [0.2, 0.25) is 0 Å². The van der Waals surface area contributed by atoms with Gasteiger partial charge < -0.3 is 10.4 Å². The lowest BCUT2D eigenvalue weighted by Gasteiger charge is -2.36. The predicted molar refractivity (Wildman–Crippen MR) is 146 cm³/mol. The Morgan fingerprint density at radius 2 is 1.57 bits per heavy atom. The number of nitriles is 1. The fourth-order valence-electron chi connectivity index (χ4n) is 4.22. The van der Waals surface area contributed by atoms with Gasteiger partial charge in [0.05, 0.1) is 18.2 Å². The molecule has 2 heterocycles. The fraction of sp³-hybridized carbons (Fsp3) is 0.129. The van der Waals surface area contributed by atoms with Crippen LogP contribution >= 0.6 is 0 Å². The van der Waals surface area contributed by atoms with Crippen LogP contribution < -0.4 is 5.32 Å². The van der Waals surface area contributed by atoms with Gasteiger partial charge in [0.1, 0.15) is 23.7 Å². The maximum atomic E-state index is 15.8. The second-order valence-electron chi connectivity index (χ2n) is 9.45. The van der Waals surface area contributed by atoms with E-state index in [2.05, 4.69) is 38.5 Å². The van der Waals surface area contributed by atoms with Crippen molar-refractivity contribution in [3.05, 3.63) is 137 Å². The number of pyridine rings is 1. The fourth-order valence-corrected chi connectivity index (χ4v) is 4.22. The first-order valence-electron chi connectivity index (χ1n) is 12.6. The molecule has 3 aromatic carbocycles. The van der Waals surface area contributed by atoms with Crippen molar-refractivity contribution in [1.29, 1.82) is 5.26 Å². The van der Waals surface area contributed by atoms with Crippen molar-refractivity contribution >= 4 is 5.69 Å². The van der Waals surface area contributed by atoms with Gasteiger partial charge in [-0.05, 0) is 66.2 Å². The number of halogens is 4. The Morgan fingerprint density at radius 3 is 2.17 bits per heavy atom. The number of hydrogen-bond donors (Lipinski definition) is 3. The molecule has 2 aromatic heterocycles. The number of nitrogens with one attached hydrogen (secondary N) is 2. The molecule has 0 aliphatic heterocycles. The van der Waals surface area contributed by atoms with Gasteiger partial charge >= 0.3 is 5.92 Å². The Balaban J connectivity index is 1.30. The highest BCUT2D eigenvalue weighted by molar-refractivity contribution is 5.48. The van der Waals surface area contributed by atoms with Crippen LogP contribution in [-0.2, 0) is 24.6 Å². The number of aromatic nitrogens is 4. The largest absolute Gasteiger partial charge is 0.381 e. The average Bonchev–Trinajstić information content (AvgIpc) is 2.97. The molecule has 0 bridgehead atoms. The van der Waals surface area contributed by atoms with E-state index in [0.717, 1.165) is 46.7 Å². The minimum atomic E-state index is -4.09. The Hall–Kier alpha value is -5.39. The van der Waals surface area contributed by atoms with Crippen molar-refractivity contribution in [3.8, 4) is 17.9 Å². The Morgan fingerprint density at radius 1 is 0.905 bits per heavy atom. The molecule has 3 N–H and O–H groups in total. The summed E-state index contributed by atoms with van der Waals surface area (Å²) in [6.45, 7) is -0.234. The minimum Gasteiger partial charge on any atom is -0.381 e. The Kier molecular flexibility index (Phi) is 7.78. The van der Waals surface area contributed by atoms with Crippen LogP contribution in [0, 0.1) is 34.8 Å². The molecule has 0 saturated carbocycles. The van der Waals surface area contributed by atoms with Gasteiger partial charge in [-0.3, -0.25) is 9.67 Å². The maximum absolute atomic E-state index is 15.8. The third-order valence-corrected chi connectivity index (χ3v) is 6.58. The number of hydrogen-bond acceptors (Lipinski definition) is 5. The molecule has 5 rings (SSSR count). The van der Waals surface area contributed by atoms with Crippen LogP contribution in [0.5, 0.6) is 0 Å². The Bertz CT molecular complexity index is 1770. The smallest absolute Gasteiger partial charge is 0.323 e.